The molecule has 0 amide bonds. The normalized spacial score (nSPS) is 47.2. The molecular formula is C30H54O26. The van der Waals surface area contributed by atoms with E-state index in [2.05, 4.69) is 0 Å². The molecule has 330 valence electrons. The van der Waals surface area contributed by atoms with Gasteiger partial charge in [-0.15, -0.1) is 0 Å². The van der Waals surface area contributed by atoms with E-state index < -0.39 is 187 Å². The van der Waals surface area contributed by atoms with E-state index in [1.807, 2.05) is 0 Å². The Morgan fingerprint density at radius 2 is 0.714 bits per heavy atom. The van der Waals surface area contributed by atoms with Crippen LogP contribution in [0.25, 0.3) is 0 Å². The Morgan fingerprint density at radius 3 is 1.09 bits per heavy atom. The molecule has 4 fully saturated rings. The zero-order valence-electron chi connectivity index (χ0n) is 29.4. The van der Waals surface area contributed by atoms with E-state index in [1.165, 1.54) is 0 Å². The first-order chi connectivity index (χ1) is 26.5. The van der Waals surface area contributed by atoms with Gasteiger partial charge >= 0.3 is 0 Å². The molecule has 0 saturated carbocycles. The molecule has 4 saturated heterocycles. The predicted octanol–water partition coefficient (Wildman–Crippen LogP) is -12.3. The summed E-state index contributed by atoms with van der Waals surface area (Å²) in [7, 11) is 0. The number of hydrogen-bond acceptors (Lipinski definition) is 26. The second-order valence-electron chi connectivity index (χ2n) is 13.7. The SMILES string of the molecule is OC[C@@H](O)[C@@H](O)[C@H](O)[C@H](CO)O[C@H]1O[C@H](CO)[C@@H](O)[C@H](O)[C@H]1O[C@H]1O[C@H](CO)[C@@H](O)[C@H](O)[C@H]1O[C@H]1O[C@H](CO)[C@@H](O)[C@H](O)[C@H]1O[C@H]1O[C@H](CO)[C@@H](O)[C@H](O)[C@H]1O. The highest BCUT2D eigenvalue weighted by Gasteiger charge is 2.56. The van der Waals surface area contributed by atoms with E-state index >= 15 is 0 Å². The second-order valence-corrected chi connectivity index (χ2v) is 13.7. The van der Waals surface area contributed by atoms with Crippen molar-refractivity contribution in [3.8, 4) is 0 Å². The molecule has 56 heavy (non-hydrogen) atoms. The first-order valence-electron chi connectivity index (χ1n) is 17.5. The van der Waals surface area contributed by atoms with Crippen LogP contribution in [0.3, 0.4) is 0 Å². The third kappa shape index (κ3) is 10.1. The summed E-state index contributed by atoms with van der Waals surface area (Å²) >= 11 is 0. The Kier molecular flexibility index (Phi) is 17.8. The van der Waals surface area contributed by atoms with E-state index in [-0.39, 0.29) is 0 Å². The highest BCUT2D eigenvalue weighted by Crippen LogP contribution is 2.35. The molecule has 0 aromatic carbocycles. The van der Waals surface area contributed by atoms with Gasteiger partial charge in [-0.05, 0) is 0 Å². The van der Waals surface area contributed by atoms with Gasteiger partial charge in [-0.25, -0.2) is 0 Å². The van der Waals surface area contributed by atoms with Gasteiger partial charge in [-0.2, -0.15) is 0 Å². The fourth-order valence-electron chi connectivity index (χ4n) is 6.54. The minimum atomic E-state index is -2.17. The average Bonchev–Trinajstić information content (AvgIpc) is 3.20. The van der Waals surface area contributed by atoms with E-state index in [0.717, 1.165) is 0 Å². The Balaban J connectivity index is 1.67. The molecule has 0 aliphatic carbocycles. The predicted molar refractivity (Wildman–Crippen MR) is 169 cm³/mol. The summed E-state index contributed by atoms with van der Waals surface area (Å²) in [6.45, 7) is -5.97. The standard InChI is InChI=1S/C30H54O26/c31-1-7(37)13(38)14(39)8(2-32)50-28-24(20(45)16(41)10(4-34)51-28)55-30-26(22(47)18(43)12(6-36)53-30)56-29-25(21(46)17(42)11(5-35)52-29)54-27-23(48)19(44)15(40)9(3-33)49-27/h7-48H,1-6H2/t7-,8+,9-,10-,11-,12-,13-,14-,15-,16-,17-,18-,19+,20+,21+,22+,23-,24-,25-,26-,27-,28+,29-,30-/m1/s1. The molecule has 26 nitrogen and oxygen atoms in total. The number of ether oxygens (including phenoxy) is 8. The summed E-state index contributed by atoms with van der Waals surface area (Å²) in [5.74, 6) is 0. The number of rotatable bonds is 17. The average molecular weight is 831 g/mol. The Morgan fingerprint density at radius 1 is 0.375 bits per heavy atom. The second kappa shape index (κ2) is 21.0. The smallest absolute Gasteiger partial charge is 0.187 e. The molecule has 18 N–H and O–H groups in total. The van der Waals surface area contributed by atoms with E-state index in [4.69, 9.17) is 37.9 Å². The van der Waals surface area contributed by atoms with Gasteiger partial charge in [0.25, 0.3) is 0 Å². The summed E-state index contributed by atoms with van der Waals surface area (Å²) in [6.07, 6.45) is -47.3. The number of hydrogen-bond donors (Lipinski definition) is 18. The fourth-order valence-corrected chi connectivity index (χ4v) is 6.54. The van der Waals surface area contributed by atoms with E-state index in [0.29, 0.717) is 0 Å². The van der Waals surface area contributed by atoms with Gasteiger partial charge < -0.3 is 130 Å². The molecule has 0 aromatic heterocycles. The van der Waals surface area contributed by atoms with Crippen molar-refractivity contribution >= 4 is 0 Å². The monoisotopic (exact) mass is 830 g/mol. The van der Waals surface area contributed by atoms with Crippen LogP contribution in [0, 0.1) is 0 Å². The van der Waals surface area contributed by atoms with Gasteiger partial charge in [0, 0.05) is 0 Å². The Labute approximate surface area is 317 Å². The first-order valence-corrected chi connectivity index (χ1v) is 17.5. The molecule has 24 atom stereocenters. The summed E-state index contributed by atoms with van der Waals surface area (Å²) in [5.41, 5.74) is 0. The van der Waals surface area contributed by atoms with Gasteiger partial charge in [0.15, 0.2) is 25.2 Å². The molecule has 4 aliphatic heterocycles. The van der Waals surface area contributed by atoms with Crippen LogP contribution in [0.15, 0.2) is 0 Å². The van der Waals surface area contributed by atoms with Crippen LogP contribution in [-0.4, -0.2) is 279 Å². The summed E-state index contributed by atoms with van der Waals surface area (Å²) in [5, 5.41) is 185. The van der Waals surface area contributed by atoms with Crippen LogP contribution in [0.1, 0.15) is 0 Å². The fraction of sp³-hybridized carbons (Fsp3) is 1.00. The van der Waals surface area contributed by atoms with E-state index in [1.54, 1.807) is 0 Å². The lowest BCUT2D eigenvalue weighted by Crippen LogP contribution is -2.68. The largest absolute Gasteiger partial charge is 0.394 e. The van der Waals surface area contributed by atoms with Crippen molar-refractivity contribution in [1.82, 2.24) is 0 Å². The van der Waals surface area contributed by atoms with Gasteiger partial charge in [0.2, 0.25) is 0 Å². The van der Waals surface area contributed by atoms with Crippen molar-refractivity contribution in [1.29, 1.82) is 0 Å². The van der Waals surface area contributed by atoms with Crippen LogP contribution < -0.4 is 0 Å². The van der Waals surface area contributed by atoms with Gasteiger partial charge in [0.05, 0.1) is 39.6 Å². The Hall–Kier alpha value is -1.04. The number of aliphatic hydroxyl groups excluding tert-OH is 18. The van der Waals surface area contributed by atoms with Crippen molar-refractivity contribution in [3.05, 3.63) is 0 Å². The lowest BCUT2D eigenvalue weighted by atomic mass is 9.96. The topological polar surface area (TPSA) is 438 Å². The maximum atomic E-state index is 11.2. The quantitative estimate of drug-likeness (QED) is 0.0647. The molecule has 0 spiro atoms. The van der Waals surface area contributed by atoms with Crippen LogP contribution in [-0.2, 0) is 37.9 Å². The molecule has 0 bridgehead atoms. The maximum absolute atomic E-state index is 11.2. The van der Waals surface area contributed by atoms with Gasteiger partial charge in [0.1, 0.15) is 122 Å². The molecule has 0 aromatic rings. The molecular weight excluding hydrogens is 776 g/mol. The third-order valence-electron chi connectivity index (χ3n) is 10.00. The van der Waals surface area contributed by atoms with Crippen LogP contribution in [0.2, 0.25) is 0 Å². The van der Waals surface area contributed by atoms with Crippen LogP contribution in [0.5, 0.6) is 0 Å². The first kappa shape index (κ1) is 47.6. The van der Waals surface area contributed by atoms with Gasteiger partial charge in [-0.1, -0.05) is 0 Å². The third-order valence-corrected chi connectivity index (χ3v) is 10.00. The van der Waals surface area contributed by atoms with Crippen molar-refractivity contribution in [2.75, 3.05) is 39.6 Å². The van der Waals surface area contributed by atoms with E-state index in [9.17, 15) is 91.9 Å². The van der Waals surface area contributed by atoms with Crippen molar-refractivity contribution in [2.24, 2.45) is 0 Å². The highest BCUT2D eigenvalue weighted by atomic mass is 16.8. The van der Waals surface area contributed by atoms with Crippen molar-refractivity contribution < 1.29 is 130 Å². The minimum absolute atomic E-state index is 0.892. The summed E-state index contributed by atoms with van der Waals surface area (Å²) < 4.78 is 44.8. The lowest BCUT2D eigenvalue weighted by molar-refractivity contribution is -0.408. The molecule has 4 rings (SSSR count). The Bertz CT molecular complexity index is 1160. The zero-order valence-corrected chi connectivity index (χ0v) is 29.4. The zero-order chi connectivity index (χ0) is 41.8. The molecule has 0 radical (unpaired) electrons. The lowest BCUT2D eigenvalue weighted by Gasteiger charge is -2.50. The van der Waals surface area contributed by atoms with Crippen molar-refractivity contribution in [3.63, 3.8) is 0 Å². The molecule has 0 unspecified atom stereocenters. The molecule has 4 aliphatic rings. The summed E-state index contributed by atoms with van der Waals surface area (Å²) in [6, 6.07) is 0. The maximum Gasteiger partial charge on any atom is 0.187 e. The summed E-state index contributed by atoms with van der Waals surface area (Å²) in [4.78, 5) is 0. The molecule has 4 heterocycles. The van der Waals surface area contributed by atoms with Crippen molar-refractivity contribution in [2.45, 2.75) is 147 Å². The van der Waals surface area contributed by atoms with Crippen LogP contribution in [0.4, 0.5) is 0 Å². The van der Waals surface area contributed by atoms with Gasteiger partial charge in [-0.3, -0.25) is 0 Å². The minimum Gasteiger partial charge on any atom is -0.394 e. The highest BCUT2D eigenvalue weighted by molar-refractivity contribution is 4.98. The van der Waals surface area contributed by atoms with Crippen LogP contribution >= 0.6 is 0 Å². The molecule has 26 heteroatoms. The number of aliphatic hydroxyl groups is 18.